The summed E-state index contributed by atoms with van der Waals surface area (Å²) >= 11 is 12.0. The second-order valence-electron chi connectivity index (χ2n) is 4.93. The maximum atomic E-state index is 6.14. The average Bonchev–Trinajstić information content (AvgIpc) is 2.83. The molecule has 0 aromatic carbocycles. The van der Waals surface area contributed by atoms with Crippen molar-refractivity contribution in [3.05, 3.63) is 28.0 Å². The van der Waals surface area contributed by atoms with Gasteiger partial charge >= 0.3 is 0 Å². The Morgan fingerprint density at radius 2 is 1.94 bits per heavy atom. The summed E-state index contributed by atoms with van der Waals surface area (Å²) in [5.74, 6) is 1.60. The van der Waals surface area contributed by atoms with Gasteiger partial charge in [-0.15, -0.1) is 0 Å². The van der Waals surface area contributed by atoms with Gasteiger partial charge in [0.25, 0.3) is 0 Å². The molecule has 5 heteroatoms. The Morgan fingerprint density at radius 3 is 2.65 bits per heavy atom. The van der Waals surface area contributed by atoms with Crippen LogP contribution in [0.1, 0.15) is 5.69 Å². The lowest BCUT2D eigenvalue weighted by atomic mass is 10.0. The minimum Gasteiger partial charge on any atom is -0.316 e. The lowest BCUT2D eigenvalue weighted by Crippen LogP contribution is -2.25. The molecular formula is C12H15Cl2N3. The first-order valence-electron chi connectivity index (χ1n) is 5.96. The predicted octanol–water partition coefficient (Wildman–Crippen LogP) is 2.04. The number of nitrogens with one attached hydrogen (secondary N) is 1. The summed E-state index contributed by atoms with van der Waals surface area (Å²) in [4.78, 5) is 6.74. The van der Waals surface area contributed by atoms with E-state index in [0.717, 1.165) is 50.3 Å². The highest BCUT2D eigenvalue weighted by Crippen LogP contribution is 2.28. The number of rotatable bonds is 2. The number of aromatic nitrogens is 1. The van der Waals surface area contributed by atoms with Gasteiger partial charge in [-0.05, 0) is 37.1 Å². The predicted molar refractivity (Wildman–Crippen MR) is 69.4 cm³/mol. The lowest BCUT2D eigenvalue weighted by Gasteiger charge is -2.17. The third kappa shape index (κ3) is 2.43. The first-order valence-corrected chi connectivity index (χ1v) is 6.72. The minimum atomic E-state index is 0.519. The van der Waals surface area contributed by atoms with Crippen LogP contribution in [0.2, 0.25) is 10.2 Å². The van der Waals surface area contributed by atoms with Crippen molar-refractivity contribution in [1.29, 1.82) is 0 Å². The van der Waals surface area contributed by atoms with Crippen LogP contribution in [0.3, 0.4) is 0 Å². The summed E-state index contributed by atoms with van der Waals surface area (Å²) in [5.41, 5.74) is 0.895. The Bertz CT molecular complexity index is 412. The zero-order valence-corrected chi connectivity index (χ0v) is 11.0. The highest BCUT2D eigenvalue weighted by molar-refractivity contribution is 6.32. The molecule has 2 aliphatic heterocycles. The van der Waals surface area contributed by atoms with Crippen molar-refractivity contribution in [1.82, 2.24) is 15.2 Å². The maximum Gasteiger partial charge on any atom is 0.129 e. The van der Waals surface area contributed by atoms with E-state index in [0.29, 0.717) is 10.2 Å². The Balaban J connectivity index is 1.69. The van der Waals surface area contributed by atoms with Gasteiger partial charge in [-0.3, -0.25) is 4.90 Å². The molecule has 2 atom stereocenters. The molecule has 0 aliphatic carbocycles. The highest BCUT2D eigenvalue weighted by atomic mass is 35.5. The fourth-order valence-electron chi connectivity index (χ4n) is 2.86. The molecule has 0 radical (unpaired) electrons. The van der Waals surface area contributed by atoms with Crippen molar-refractivity contribution in [3.63, 3.8) is 0 Å². The molecule has 2 unspecified atom stereocenters. The van der Waals surface area contributed by atoms with E-state index in [-0.39, 0.29) is 0 Å². The fourth-order valence-corrected chi connectivity index (χ4v) is 3.19. The molecule has 0 bridgehead atoms. The van der Waals surface area contributed by atoms with Crippen molar-refractivity contribution >= 4 is 23.2 Å². The Hall–Kier alpha value is -0.350. The van der Waals surface area contributed by atoms with E-state index in [4.69, 9.17) is 23.2 Å². The van der Waals surface area contributed by atoms with Gasteiger partial charge in [0.2, 0.25) is 0 Å². The summed E-state index contributed by atoms with van der Waals surface area (Å²) in [6.45, 7) is 5.40. The van der Waals surface area contributed by atoms with Crippen molar-refractivity contribution in [2.45, 2.75) is 6.54 Å². The molecule has 1 aromatic heterocycles. The van der Waals surface area contributed by atoms with Gasteiger partial charge in [-0.1, -0.05) is 23.2 Å². The van der Waals surface area contributed by atoms with Gasteiger partial charge in [0, 0.05) is 19.6 Å². The van der Waals surface area contributed by atoms with E-state index in [1.54, 1.807) is 6.07 Å². The van der Waals surface area contributed by atoms with Crippen LogP contribution in [0, 0.1) is 11.8 Å². The van der Waals surface area contributed by atoms with Crippen LogP contribution in [0.15, 0.2) is 12.1 Å². The molecule has 0 amide bonds. The van der Waals surface area contributed by atoms with Crippen molar-refractivity contribution in [2.24, 2.45) is 11.8 Å². The number of likely N-dealkylation sites (tertiary alicyclic amines) is 1. The van der Waals surface area contributed by atoms with E-state index in [1.807, 2.05) is 6.07 Å². The topological polar surface area (TPSA) is 28.2 Å². The fraction of sp³-hybridized carbons (Fsp3) is 0.583. The van der Waals surface area contributed by atoms with Crippen LogP contribution in [0.4, 0.5) is 0 Å². The molecule has 0 saturated carbocycles. The SMILES string of the molecule is Clc1ccc(Cl)c(CN2CC3CNCC3C2)n1. The Labute approximate surface area is 111 Å². The third-order valence-corrected chi connectivity index (χ3v) is 4.28. The Morgan fingerprint density at radius 1 is 1.24 bits per heavy atom. The summed E-state index contributed by atoms with van der Waals surface area (Å²) in [6, 6.07) is 3.56. The molecule has 2 saturated heterocycles. The van der Waals surface area contributed by atoms with Gasteiger partial charge < -0.3 is 5.32 Å². The van der Waals surface area contributed by atoms with Gasteiger partial charge in [-0.2, -0.15) is 0 Å². The summed E-state index contributed by atoms with van der Waals surface area (Å²) in [7, 11) is 0. The van der Waals surface area contributed by atoms with Crippen LogP contribution < -0.4 is 5.32 Å². The van der Waals surface area contributed by atoms with Crippen LogP contribution in [-0.2, 0) is 6.54 Å². The molecule has 1 N–H and O–H groups in total. The molecule has 3 rings (SSSR count). The summed E-state index contributed by atoms with van der Waals surface area (Å²) in [6.07, 6.45) is 0. The summed E-state index contributed by atoms with van der Waals surface area (Å²) < 4.78 is 0. The van der Waals surface area contributed by atoms with E-state index < -0.39 is 0 Å². The van der Waals surface area contributed by atoms with Gasteiger partial charge in [0.15, 0.2) is 0 Å². The maximum absolute atomic E-state index is 6.14. The number of nitrogens with zero attached hydrogens (tertiary/aromatic N) is 2. The zero-order chi connectivity index (χ0) is 11.8. The standard InChI is InChI=1S/C12H15Cl2N3/c13-10-1-2-12(14)16-11(10)7-17-5-8-3-15-4-9(8)6-17/h1-2,8-9,15H,3-7H2. The molecule has 92 valence electrons. The number of pyridine rings is 1. The molecule has 0 spiro atoms. The van der Waals surface area contributed by atoms with Crippen LogP contribution in [0.25, 0.3) is 0 Å². The molecule has 17 heavy (non-hydrogen) atoms. The normalized spacial score (nSPS) is 28.6. The first-order chi connectivity index (χ1) is 8.22. The minimum absolute atomic E-state index is 0.519. The van der Waals surface area contributed by atoms with Crippen molar-refractivity contribution in [2.75, 3.05) is 26.2 Å². The third-order valence-electron chi connectivity index (χ3n) is 3.72. The largest absolute Gasteiger partial charge is 0.316 e. The smallest absolute Gasteiger partial charge is 0.129 e. The Kier molecular flexibility index (Phi) is 3.26. The molecule has 3 nitrogen and oxygen atoms in total. The first kappa shape index (κ1) is 11.7. The summed E-state index contributed by atoms with van der Waals surface area (Å²) in [5, 5.41) is 4.67. The zero-order valence-electron chi connectivity index (χ0n) is 9.50. The van der Waals surface area contributed by atoms with Gasteiger partial charge in [0.05, 0.1) is 10.7 Å². The quantitative estimate of drug-likeness (QED) is 0.835. The molecule has 2 fully saturated rings. The average molecular weight is 272 g/mol. The molecular weight excluding hydrogens is 257 g/mol. The molecule has 1 aromatic rings. The van der Waals surface area contributed by atoms with E-state index in [1.165, 1.54) is 0 Å². The van der Waals surface area contributed by atoms with Crippen LogP contribution >= 0.6 is 23.2 Å². The number of hydrogen-bond donors (Lipinski definition) is 1. The second kappa shape index (κ2) is 4.73. The molecule has 3 heterocycles. The van der Waals surface area contributed by atoms with E-state index in [2.05, 4.69) is 15.2 Å². The number of hydrogen-bond acceptors (Lipinski definition) is 3. The number of halogens is 2. The van der Waals surface area contributed by atoms with Crippen LogP contribution in [-0.4, -0.2) is 36.1 Å². The number of fused-ring (bicyclic) bond motifs is 1. The van der Waals surface area contributed by atoms with E-state index >= 15 is 0 Å². The van der Waals surface area contributed by atoms with Gasteiger partial charge in [-0.25, -0.2) is 4.98 Å². The monoisotopic (exact) mass is 271 g/mol. The van der Waals surface area contributed by atoms with Gasteiger partial charge in [0.1, 0.15) is 5.15 Å². The molecule has 2 aliphatic rings. The van der Waals surface area contributed by atoms with Crippen LogP contribution in [0.5, 0.6) is 0 Å². The van der Waals surface area contributed by atoms with E-state index in [9.17, 15) is 0 Å². The second-order valence-corrected chi connectivity index (χ2v) is 5.73. The van der Waals surface area contributed by atoms with Crippen molar-refractivity contribution < 1.29 is 0 Å². The highest BCUT2D eigenvalue weighted by Gasteiger charge is 2.36. The van der Waals surface area contributed by atoms with Crippen molar-refractivity contribution in [3.8, 4) is 0 Å². The lowest BCUT2D eigenvalue weighted by molar-refractivity contribution is 0.302.